The minimum Gasteiger partial charge on any atom is -0.349 e. The predicted octanol–water partition coefficient (Wildman–Crippen LogP) is 1.79. The van der Waals surface area contributed by atoms with E-state index in [1.54, 1.807) is 17.0 Å². The van der Waals surface area contributed by atoms with Crippen LogP contribution in [0.15, 0.2) is 48.5 Å². The summed E-state index contributed by atoms with van der Waals surface area (Å²) >= 11 is 0. The number of rotatable bonds is 6. The second kappa shape index (κ2) is 8.89. The predicted molar refractivity (Wildman–Crippen MR) is 117 cm³/mol. The number of amides is 3. The number of aryl methyl sites for hydroxylation is 1. The quantitative estimate of drug-likeness (QED) is 0.745. The molecule has 2 fully saturated rings. The zero-order valence-corrected chi connectivity index (χ0v) is 17.7. The van der Waals surface area contributed by atoms with Gasteiger partial charge in [-0.25, -0.2) is 0 Å². The van der Waals surface area contributed by atoms with Crippen molar-refractivity contribution in [2.24, 2.45) is 11.7 Å². The van der Waals surface area contributed by atoms with E-state index in [2.05, 4.69) is 5.32 Å². The normalized spacial score (nSPS) is 18.2. The molecule has 7 heteroatoms. The summed E-state index contributed by atoms with van der Waals surface area (Å²) in [6, 6.07) is 15.0. The van der Waals surface area contributed by atoms with Crippen molar-refractivity contribution in [3.63, 3.8) is 0 Å². The molecule has 3 amide bonds. The minimum atomic E-state index is -0.932. The van der Waals surface area contributed by atoms with Gasteiger partial charge in [0.05, 0.1) is 0 Å². The lowest BCUT2D eigenvalue weighted by Crippen LogP contribution is -2.54. The Morgan fingerprint density at radius 1 is 1.00 bits per heavy atom. The van der Waals surface area contributed by atoms with Gasteiger partial charge >= 0.3 is 0 Å². The van der Waals surface area contributed by atoms with Crippen molar-refractivity contribution in [3.05, 3.63) is 70.8 Å². The fourth-order valence-corrected chi connectivity index (χ4v) is 4.01. The van der Waals surface area contributed by atoms with Crippen molar-refractivity contribution >= 4 is 17.7 Å². The molecule has 1 aliphatic carbocycles. The molecule has 1 heterocycles. The molecule has 4 rings (SSSR count). The molecule has 0 bridgehead atoms. The van der Waals surface area contributed by atoms with E-state index in [9.17, 15) is 14.4 Å². The largest absolute Gasteiger partial charge is 0.349 e. The van der Waals surface area contributed by atoms with Crippen molar-refractivity contribution < 1.29 is 14.4 Å². The second-order valence-corrected chi connectivity index (χ2v) is 8.29. The number of hydrogen-bond donors (Lipinski definition) is 2. The third-order valence-corrected chi connectivity index (χ3v) is 5.84. The molecule has 1 unspecified atom stereocenters. The van der Waals surface area contributed by atoms with Crippen LogP contribution in [0.3, 0.4) is 0 Å². The molecule has 162 valence electrons. The summed E-state index contributed by atoms with van der Waals surface area (Å²) in [5.74, 6) is -0.638. The summed E-state index contributed by atoms with van der Waals surface area (Å²) in [5.41, 5.74) is 9.10. The van der Waals surface area contributed by atoms with Crippen LogP contribution in [-0.4, -0.2) is 46.8 Å². The molecule has 1 aliphatic heterocycles. The summed E-state index contributed by atoms with van der Waals surface area (Å²) in [5, 5.41) is 2.92. The van der Waals surface area contributed by atoms with Gasteiger partial charge in [0.15, 0.2) is 6.17 Å². The van der Waals surface area contributed by atoms with Crippen LogP contribution in [0, 0.1) is 12.8 Å². The van der Waals surface area contributed by atoms with Gasteiger partial charge in [-0.3, -0.25) is 14.4 Å². The van der Waals surface area contributed by atoms with E-state index >= 15 is 0 Å². The molecule has 2 aromatic carbocycles. The molecule has 2 aliphatic rings. The van der Waals surface area contributed by atoms with Gasteiger partial charge in [0, 0.05) is 37.7 Å². The Morgan fingerprint density at radius 2 is 1.71 bits per heavy atom. The first-order chi connectivity index (χ1) is 15.0. The van der Waals surface area contributed by atoms with Gasteiger partial charge in [-0.1, -0.05) is 42.0 Å². The maximum Gasteiger partial charge on any atom is 0.264 e. The van der Waals surface area contributed by atoms with Crippen molar-refractivity contribution in [3.8, 4) is 0 Å². The van der Waals surface area contributed by atoms with Crippen LogP contribution in [0.2, 0.25) is 0 Å². The van der Waals surface area contributed by atoms with Gasteiger partial charge in [-0.05, 0) is 43.0 Å². The van der Waals surface area contributed by atoms with Crippen LogP contribution < -0.4 is 11.1 Å². The number of benzene rings is 2. The lowest BCUT2D eigenvalue weighted by atomic mass is 10.1. The third kappa shape index (κ3) is 4.61. The van der Waals surface area contributed by atoms with E-state index < -0.39 is 6.17 Å². The van der Waals surface area contributed by atoms with E-state index in [1.807, 2.05) is 43.3 Å². The monoisotopic (exact) mass is 420 g/mol. The zero-order valence-electron chi connectivity index (χ0n) is 17.7. The fraction of sp³-hybridized carbons (Fsp3) is 0.375. The SMILES string of the molecule is Cc1cccc(C(=O)N2CCN(C(=O)C3CC3)C2C(=O)NCc2cccc(CN)c2)c1. The highest BCUT2D eigenvalue weighted by Gasteiger charge is 2.46. The molecule has 3 N–H and O–H groups in total. The van der Waals surface area contributed by atoms with Gasteiger partial charge in [0.25, 0.3) is 11.8 Å². The van der Waals surface area contributed by atoms with Crippen LogP contribution >= 0.6 is 0 Å². The van der Waals surface area contributed by atoms with Crippen LogP contribution in [0.1, 0.15) is 39.9 Å². The number of nitrogens with one attached hydrogen (secondary N) is 1. The first-order valence-electron chi connectivity index (χ1n) is 10.7. The van der Waals surface area contributed by atoms with E-state index in [0.717, 1.165) is 29.5 Å². The zero-order chi connectivity index (χ0) is 22.0. The van der Waals surface area contributed by atoms with Crippen LogP contribution in [0.5, 0.6) is 0 Å². The van der Waals surface area contributed by atoms with Gasteiger partial charge in [0.2, 0.25) is 5.91 Å². The Kier molecular flexibility index (Phi) is 6.04. The molecule has 1 saturated carbocycles. The van der Waals surface area contributed by atoms with Crippen LogP contribution in [0.4, 0.5) is 0 Å². The highest BCUT2D eigenvalue weighted by atomic mass is 16.2. The standard InChI is InChI=1S/C24H28N4O3/c1-16-4-2-7-20(12-16)24(31)28-11-10-27(23(30)19-8-9-19)22(28)21(29)26-15-18-6-3-5-17(13-18)14-25/h2-7,12-13,19,22H,8-11,14-15,25H2,1H3,(H,26,29). The summed E-state index contributed by atoms with van der Waals surface area (Å²) in [6.07, 6.45) is 0.766. The first kappa shape index (κ1) is 21.1. The first-order valence-corrected chi connectivity index (χ1v) is 10.7. The number of nitrogens with zero attached hydrogens (tertiary/aromatic N) is 2. The number of nitrogens with two attached hydrogens (primary N) is 1. The number of carbonyl (C=O) groups excluding carboxylic acids is 3. The Balaban J connectivity index is 1.54. The summed E-state index contributed by atoms with van der Waals surface area (Å²) in [4.78, 5) is 42.4. The molecule has 1 atom stereocenters. The molecule has 31 heavy (non-hydrogen) atoms. The van der Waals surface area contributed by atoms with Crippen LogP contribution in [0.25, 0.3) is 0 Å². The average molecular weight is 421 g/mol. The molecule has 0 radical (unpaired) electrons. The van der Waals surface area contributed by atoms with Crippen molar-refractivity contribution in [2.75, 3.05) is 13.1 Å². The second-order valence-electron chi connectivity index (χ2n) is 8.29. The summed E-state index contributed by atoms with van der Waals surface area (Å²) < 4.78 is 0. The molecular formula is C24H28N4O3. The lowest BCUT2D eigenvalue weighted by Gasteiger charge is -2.29. The average Bonchev–Trinajstić information content (AvgIpc) is 3.54. The Hall–Kier alpha value is -3.19. The van der Waals surface area contributed by atoms with E-state index in [1.165, 1.54) is 4.90 Å². The number of hydrogen-bond acceptors (Lipinski definition) is 4. The summed E-state index contributed by atoms with van der Waals surface area (Å²) in [6.45, 7) is 3.36. The van der Waals surface area contributed by atoms with E-state index in [-0.39, 0.29) is 23.6 Å². The molecule has 1 saturated heterocycles. The molecule has 2 aromatic rings. The van der Waals surface area contributed by atoms with Gasteiger partial charge in [-0.2, -0.15) is 0 Å². The Labute approximate surface area is 182 Å². The van der Waals surface area contributed by atoms with E-state index in [0.29, 0.717) is 31.7 Å². The molecular weight excluding hydrogens is 392 g/mol. The lowest BCUT2D eigenvalue weighted by molar-refractivity contribution is -0.142. The smallest absolute Gasteiger partial charge is 0.264 e. The van der Waals surface area contributed by atoms with Gasteiger partial charge < -0.3 is 20.9 Å². The highest BCUT2D eigenvalue weighted by molar-refractivity contribution is 5.99. The third-order valence-electron chi connectivity index (χ3n) is 5.84. The van der Waals surface area contributed by atoms with Crippen molar-refractivity contribution in [2.45, 2.75) is 39.0 Å². The summed E-state index contributed by atoms with van der Waals surface area (Å²) in [7, 11) is 0. The number of carbonyl (C=O) groups is 3. The van der Waals surface area contributed by atoms with Gasteiger partial charge in [-0.15, -0.1) is 0 Å². The van der Waals surface area contributed by atoms with Crippen molar-refractivity contribution in [1.82, 2.24) is 15.1 Å². The Bertz CT molecular complexity index is 1000. The highest BCUT2D eigenvalue weighted by Crippen LogP contribution is 2.33. The minimum absolute atomic E-state index is 0.0226. The Morgan fingerprint density at radius 3 is 2.42 bits per heavy atom. The van der Waals surface area contributed by atoms with E-state index in [4.69, 9.17) is 5.73 Å². The fourth-order valence-electron chi connectivity index (χ4n) is 4.01. The molecule has 0 spiro atoms. The maximum absolute atomic E-state index is 13.2. The van der Waals surface area contributed by atoms with Crippen LogP contribution in [-0.2, 0) is 22.7 Å². The van der Waals surface area contributed by atoms with Gasteiger partial charge in [0.1, 0.15) is 0 Å². The molecule has 7 nitrogen and oxygen atoms in total. The maximum atomic E-state index is 13.2. The topological polar surface area (TPSA) is 95.7 Å². The van der Waals surface area contributed by atoms with Crippen molar-refractivity contribution in [1.29, 1.82) is 0 Å². The molecule has 0 aromatic heterocycles.